The summed E-state index contributed by atoms with van der Waals surface area (Å²) in [6, 6.07) is 0. The van der Waals surface area contributed by atoms with E-state index >= 15 is 0 Å². The molecule has 0 aromatic carbocycles. The first kappa shape index (κ1) is 56.1. The molecule has 0 spiro atoms. The van der Waals surface area contributed by atoms with Crippen molar-refractivity contribution in [1.82, 2.24) is 0 Å². The third kappa shape index (κ3) is 40.2. The van der Waals surface area contributed by atoms with Crippen LogP contribution in [0.4, 0.5) is 0 Å². The molecule has 0 rings (SSSR count). The van der Waals surface area contributed by atoms with Crippen molar-refractivity contribution in [2.24, 2.45) is 53.3 Å². The average Bonchev–Trinajstić information content (AvgIpc) is 3.12. The van der Waals surface area contributed by atoms with Gasteiger partial charge in [-0.1, -0.05) is 289 Å². The van der Waals surface area contributed by atoms with Crippen LogP contribution in [0.3, 0.4) is 0 Å². The van der Waals surface area contributed by atoms with E-state index in [0.29, 0.717) is 0 Å². The molecular formula is C54H112. The first-order valence-electron chi connectivity index (χ1n) is 25.9. The molecule has 0 amide bonds. The predicted octanol–water partition coefficient (Wildman–Crippen LogP) is 20.3. The second-order valence-corrected chi connectivity index (χ2v) is 20.7. The predicted molar refractivity (Wildman–Crippen MR) is 253 cm³/mol. The van der Waals surface area contributed by atoms with E-state index in [2.05, 4.69) is 90.0 Å². The van der Waals surface area contributed by atoms with Gasteiger partial charge < -0.3 is 0 Å². The molecule has 0 aliphatic carbocycles. The van der Waals surface area contributed by atoms with Crippen LogP contribution in [0.1, 0.15) is 295 Å². The van der Waals surface area contributed by atoms with Gasteiger partial charge in [0, 0.05) is 0 Å². The van der Waals surface area contributed by atoms with Crippen LogP contribution in [0.5, 0.6) is 0 Å². The molecule has 0 aromatic heterocycles. The molecule has 7 atom stereocenters. The van der Waals surface area contributed by atoms with Crippen molar-refractivity contribution in [1.29, 1.82) is 0 Å². The van der Waals surface area contributed by atoms with E-state index in [1.807, 2.05) is 0 Å². The van der Waals surface area contributed by atoms with E-state index in [9.17, 15) is 0 Å². The first-order valence-corrected chi connectivity index (χ1v) is 25.9. The Bertz CT molecular complexity index is 690. The Balaban J connectivity index is 0. The number of rotatable bonds is 39. The van der Waals surface area contributed by atoms with Crippen LogP contribution in [0.25, 0.3) is 0 Å². The van der Waals surface area contributed by atoms with Gasteiger partial charge in [0.2, 0.25) is 0 Å². The zero-order chi connectivity index (χ0) is 40.8. The van der Waals surface area contributed by atoms with Crippen LogP contribution in [-0.2, 0) is 0 Å². The molecule has 328 valence electrons. The molecule has 0 heteroatoms. The monoisotopic (exact) mass is 761 g/mol. The molecule has 0 fully saturated rings. The summed E-state index contributed by atoms with van der Waals surface area (Å²) in [7, 11) is 0. The van der Waals surface area contributed by atoms with Crippen LogP contribution < -0.4 is 0 Å². The van der Waals surface area contributed by atoms with Crippen LogP contribution in [0.2, 0.25) is 0 Å². The van der Waals surface area contributed by atoms with Gasteiger partial charge in [-0.25, -0.2) is 0 Å². The van der Waals surface area contributed by atoms with E-state index < -0.39 is 0 Å². The maximum absolute atomic E-state index is 2.56. The molecule has 0 aliphatic rings. The topological polar surface area (TPSA) is 0 Å². The van der Waals surface area contributed by atoms with Crippen LogP contribution in [0, 0.1) is 53.3 Å². The van der Waals surface area contributed by atoms with E-state index in [-0.39, 0.29) is 0 Å². The van der Waals surface area contributed by atoms with Crippen molar-refractivity contribution in [3.8, 4) is 0 Å². The molecular weight excluding hydrogens is 649 g/mol. The summed E-state index contributed by atoms with van der Waals surface area (Å²) in [4.78, 5) is 0. The van der Waals surface area contributed by atoms with Gasteiger partial charge in [0.25, 0.3) is 0 Å². The lowest BCUT2D eigenvalue weighted by Crippen LogP contribution is -2.20. The van der Waals surface area contributed by atoms with Crippen molar-refractivity contribution in [3.05, 3.63) is 0 Å². The van der Waals surface area contributed by atoms with Gasteiger partial charge in [0.05, 0.1) is 0 Å². The molecule has 0 nitrogen and oxygen atoms in total. The van der Waals surface area contributed by atoms with Gasteiger partial charge >= 0.3 is 0 Å². The summed E-state index contributed by atoms with van der Waals surface area (Å²) in [6.45, 7) is 31.4. The number of hydrogen-bond donors (Lipinski definition) is 0. The molecule has 0 bridgehead atoms. The minimum absolute atomic E-state index is 0.872. The Morgan fingerprint density at radius 1 is 0.241 bits per heavy atom. The fourth-order valence-corrected chi connectivity index (χ4v) is 9.06. The Morgan fingerprint density at radius 3 is 0.907 bits per heavy atom. The van der Waals surface area contributed by atoms with Crippen molar-refractivity contribution in [2.45, 2.75) is 295 Å². The van der Waals surface area contributed by atoms with Gasteiger partial charge in [0.15, 0.2) is 0 Å². The van der Waals surface area contributed by atoms with Crippen molar-refractivity contribution >= 4 is 0 Å². The van der Waals surface area contributed by atoms with E-state index in [4.69, 9.17) is 0 Å². The number of unbranched alkanes of at least 4 members (excludes halogenated alkanes) is 14. The average molecular weight is 761 g/mol. The highest BCUT2D eigenvalue weighted by Gasteiger charge is 2.23. The zero-order valence-electron chi connectivity index (χ0n) is 40.8. The maximum atomic E-state index is 2.56. The standard InChI is InChI=1S/2C27H56/c1-8-10-11-12-13-14-15-16-20-26(7)27(25(6)9-2)22-21-24(5)19-17-18-23(3)4;1-7-8-9-10-11-12-13-14-18-26(5)22-23-27(6)21-16-20-25(4)19-15-17-24(2)3/h23-27H,8-22H2,1-7H3;24-27H,7-23H2,1-6H3. The van der Waals surface area contributed by atoms with Crippen molar-refractivity contribution in [2.75, 3.05) is 0 Å². The van der Waals surface area contributed by atoms with Crippen LogP contribution >= 0.6 is 0 Å². The van der Waals surface area contributed by atoms with Crippen LogP contribution in [0.15, 0.2) is 0 Å². The fraction of sp³-hybridized carbons (Fsp3) is 1.00. The largest absolute Gasteiger partial charge is 0.0654 e. The molecule has 0 heterocycles. The van der Waals surface area contributed by atoms with Crippen molar-refractivity contribution in [3.63, 3.8) is 0 Å². The minimum atomic E-state index is 0.872. The molecule has 0 radical (unpaired) electrons. The Hall–Kier alpha value is 0. The van der Waals surface area contributed by atoms with E-state index in [1.54, 1.807) is 0 Å². The van der Waals surface area contributed by atoms with Gasteiger partial charge in [-0.2, -0.15) is 0 Å². The molecule has 0 saturated carbocycles. The third-order valence-electron chi connectivity index (χ3n) is 13.7. The Kier molecular flexibility index (Phi) is 42.8. The summed E-state index contributed by atoms with van der Waals surface area (Å²) in [5, 5.41) is 0. The highest BCUT2D eigenvalue weighted by Crippen LogP contribution is 2.33. The lowest BCUT2D eigenvalue weighted by Gasteiger charge is -2.30. The lowest BCUT2D eigenvalue weighted by molar-refractivity contribution is 0.203. The maximum Gasteiger partial charge on any atom is -0.0363 e. The molecule has 7 unspecified atom stereocenters. The smallest absolute Gasteiger partial charge is 0.0363 e. The summed E-state index contributed by atoms with van der Waals surface area (Å²) in [6.07, 6.45) is 46.3. The third-order valence-corrected chi connectivity index (χ3v) is 13.7. The second-order valence-electron chi connectivity index (χ2n) is 20.7. The number of hydrogen-bond acceptors (Lipinski definition) is 0. The fourth-order valence-electron chi connectivity index (χ4n) is 9.06. The normalized spacial score (nSPS) is 15.8. The van der Waals surface area contributed by atoms with E-state index in [0.717, 1.165) is 53.3 Å². The SMILES string of the molecule is CCCCCCCCCCC(C)C(CCC(C)CCCC(C)C)C(C)CC.CCCCCCCCCCC(C)CCC(C)CCCC(C)CCCC(C)C. The Morgan fingerprint density at radius 2 is 0.537 bits per heavy atom. The summed E-state index contributed by atoms with van der Waals surface area (Å²) in [5.74, 6) is 8.27. The molecule has 0 saturated heterocycles. The van der Waals surface area contributed by atoms with E-state index in [1.165, 1.54) is 205 Å². The Labute approximate surface area is 347 Å². The molecule has 54 heavy (non-hydrogen) atoms. The van der Waals surface area contributed by atoms with Gasteiger partial charge in [-0.3, -0.25) is 0 Å². The van der Waals surface area contributed by atoms with Gasteiger partial charge in [-0.05, 0) is 59.7 Å². The highest BCUT2D eigenvalue weighted by atomic mass is 14.3. The molecule has 0 aromatic rings. The van der Waals surface area contributed by atoms with Crippen LogP contribution in [-0.4, -0.2) is 0 Å². The quantitative estimate of drug-likeness (QED) is 0.0547. The summed E-state index contributed by atoms with van der Waals surface area (Å²) in [5.41, 5.74) is 0. The minimum Gasteiger partial charge on any atom is -0.0654 e. The first-order chi connectivity index (χ1) is 25.9. The second kappa shape index (κ2) is 41.2. The molecule has 0 N–H and O–H groups in total. The highest BCUT2D eigenvalue weighted by molar-refractivity contribution is 4.73. The van der Waals surface area contributed by atoms with Crippen molar-refractivity contribution < 1.29 is 0 Å². The van der Waals surface area contributed by atoms with Gasteiger partial charge in [-0.15, -0.1) is 0 Å². The molecule has 0 aliphatic heterocycles. The lowest BCUT2D eigenvalue weighted by atomic mass is 9.75. The summed E-state index contributed by atoms with van der Waals surface area (Å²) >= 11 is 0. The zero-order valence-corrected chi connectivity index (χ0v) is 40.8. The summed E-state index contributed by atoms with van der Waals surface area (Å²) < 4.78 is 0. The van der Waals surface area contributed by atoms with Gasteiger partial charge in [0.1, 0.15) is 0 Å².